The number of benzene rings is 1. The van der Waals surface area contributed by atoms with Gasteiger partial charge in [0, 0.05) is 50.6 Å². The zero-order valence-electron chi connectivity index (χ0n) is 15.1. The number of hydrogen-bond donors (Lipinski definition) is 2. The first-order chi connectivity index (χ1) is 12.5. The first-order valence-electron chi connectivity index (χ1n) is 8.53. The molecule has 2 aromatic rings. The minimum Gasteiger partial charge on any atom is -0.348 e. The van der Waals surface area contributed by atoms with Gasteiger partial charge in [-0.2, -0.15) is 9.40 Å². The largest absolute Gasteiger partial charge is 0.348 e. The Balaban J connectivity index is 0.00000261. The summed E-state index contributed by atoms with van der Waals surface area (Å²) >= 11 is 0. The highest BCUT2D eigenvalue weighted by molar-refractivity contribution is 7.89. The normalized spacial score (nSPS) is 15.6. The van der Waals surface area contributed by atoms with Crippen molar-refractivity contribution in [1.29, 1.82) is 0 Å². The molecule has 3 rings (SSSR count). The van der Waals surface area contributed by atoms with E-state index in [0.717, 1.165) is 18.5 Å². The Labute approximate surface area is 165 Å². The van der Waals surface area contributed by atoms with Crippen molar-refractivity contribution in [3.05, 3.63) is 47.8 Å². The molecule has 1 aliphatic rings. The number of nitrogens with zero attached hydrogens (tertiary/aromatic N) is 3. The van der Waals surface area contributed by atoms with E-state index >= 15 is 0 Å². The van der Waals surface area contributed by atoms with E-state index in [1.165, 1.54) is 16.4 Å². The van der Waals surface area contributed by atoms with Crippen molar-refractivity contribution in [2.75, 3.05) is 26.2 Å². The molecule has 27 heavy (non-hydrogen) atoms. The van der Waals surface area contributed by atoms with Crippen molar-refractivity contribution in [3.8, 4) is 0 Å². The first-order valence-corrected chi connectivity index (χ1v) is 9.97. The van der Waals surface area contributed by atoms with Crippen LogP contribution in [0.25, 0.3) is 0 Å². The van der Waals surface area contributed by atoms with Gasteiger partial charge in [0.05, 0.1) is 11.1 Å². The molecule has 10 heteroatoms. The van der Waals surface area contributed by atoms with Crippen LogP contribution in [0.2, 0.25) is 0 Å². The van der Waals surface area contributed by atoms with Crippen LogP contribution in [0.4, 0.5) is 0 Å². The monoisotopic (exact) mass is 413 g/mol. The Hall–Kier alpha value is -1.94. The Morgan fingerprint density at radius 2 is 2.11 bits per heavy atom. The van der Waals surface area contributed by atoms with Crippen molar-refractivity contribution in [2.24, 2.45) is 7.05 Å². The van der Waals surface area contributed by atoms with Gasteiger partial charge < -0.3 is 10.6 Å². The topological polar surface area (TPSA) is 96.3 Å². The average Bonchev–Trinajstić information content (AvgIpc) is 2.87. The van der Waals surface area contributed by atoms with Crippen molar-refractivity contribution < 1.29 is 13.2 Å². The van der Waals surface area contributed by atoms with Crippen molar-refractivity contribution in [1.82, 2.24) is 24.7 Å². The van der Waals surface area contributed by atoms with Crippen LogP contribution in [0.1, 0.15) is 22.3 Å². The SMILES string of the molecule is Cl.Cn1cc(CNC(=O)c2cccc(S(=O)(=O)N3CCCNCC3)c2)cn1. The van der Waals surface area contributed by atoms with E-state index in [9.17, 15) is 13.2 Å². The zero-order valence-corrected chi connectivity index (χ0v) is 16.7. The highest BCUT2D eigenvalue weighted by Gasteiger charge is 2.25. The summed E-state index contributed by atoms with van der Waals surface area (Å²) < 4.78 is 28.8. The van der Waals surface area contributed by atoms with Crippen LogP contribution in [0.15, 0.2) is 41.6 Å². The van der Waals surface area contributed by atoms with Crippen molar-refractivity contribution >= 4 is 28.3 Å². The van der Waals surface area contributed by atoms with E-state index in [4.69, 9.17) is 0 Å². The van der Waals surface area contributed by atoms with Crippen LogP contribution in [0, 0.1) is 0 Å². The summed E-state index contributed by atoms with van der Waals surface area (Å²) in [6, 6.07) is 6.18. The van der Waals surface area contributed by atoms with Crippen LogP contribution in [-0.4, -0.2) is 54.6 Å². The van der Waals surface area contributed by atoms with E-state index in [2.05, 4.69) is 15.7 Å². The van der Waals surface area contributed by atoms with Gasteiger partial charge in [0.2, 0.25) is 10.0 Å². The van der Waals surface area contributed by atoms with Crippen LogP contribution in [0.5, 0.6) is 0 Å². The fraction of sp³-hybridized carbons (Fsp3) is 0.412. The third-order valence-corrected chi connectivity index (χ3v) is 6.14. The molecule has 148 valence electrons. The third kappa shape index (κ3) is 5.29. The molecule has 1 aromatic carbocycles. The Morgan fingerprint density at radius 1 is 1.30 bits per heavy atom. The van der Waals surface area contributed by atoms with Gasteiger partial charge in [-0.3, -0.25) is 9.48 Å². The quantitative estimate of drug-likeness (QED) is 0.754. The van der Waals surface area contributed by atoms with E-state index < -0.39 is 10.0 Å². The summed E-state index contributed by atoms with van der Waals surface area (Å²) in [4.78, 5) is 12.5. The molecule has 1 amide bonds. The molecule has 0 atom stereocenters. The van der Waals surface area contributed by atoms with Crippen LogP contribution >= 0.6 is 12.4 Å². The molecule has 8 nitrogen and oxygen atoms in total. The van der Waals surface area contributed by atoms with Gasteiger partial charge in [0.25, 0.3) is 5.91 Å². The van der Waals surface area contributed by atoms with E-state index in [0.29, 0.717) is 31.7 Å². The van der Waals surface area contributed by atoms with Crippen LogP contribution in [0.3, 0.4) is 0 Å². The average molecular weight is 414 g/mol. The first kappa shape index (κ1) is 21.4. The van der Waals surface area contributed by atoms with Crippen LogP contribution in [-0.2, 0) is 23.6 Å². The summed E-state index contributed by atoms with van der Waals surface area (Å²) in [6.07, 6.45) is 4.26. The Morgan fingerprint density at radius 3 is 2.85 bits per heavy atom. The number of sulfonamides is 1. The van der Waals surface area contributed by atoms with E-state index in [1.807, 2.05) is 6.20 Å². The maximum atomic E-state index is 12.9. The second-order valence-corrected chi connectivity index (χ2v) is 8.18. The predicted molar refractivity (Wildman–Crippen MR) is 104 cm³/mol. The van der Waals surface area contributed by atoms with E-state index in [-0.39, 0.29) is 23.2 Å². The minimum absolute atomic E-state index is 0. The Kier molecular flexibility index (Phi) is 7.37. The molecule has 0 spiro atoms. The standard InChI is InChI=1S/C17H23N5O3S.ClH/c1-21-13-14(12-20-21)11-19-17(23)15-4-2-5-16(10-15)26(24,25)22-8-3-6-18-7-9-22;/h2,4-5,10,12-13,18H,3,6-9,11H2,1H3,(H,19,23);1H. The molecule has 1 saturated heterocycles. The van der Waals surface area contributed by atoms with Gasteiger partial charge in [0.15, 0.2) is 0 Å². The number of halogens is 1. The second kappa shape index (κ2) is 9.32. The number of amides is 1. The maximum Gasteiger partial charge on any atom is 0.251 e. The summed E-state index contributed by atoms with van der Waals surface area (Å²) in [7, 11) is -1.80. The van der Waals surface area contributed by atoms with Crippen molar-refractivity contribution in [3.63, 3.8) is 0 Å². The fourth-order valence-corrected chi connectivity index (χ4v) is 4.38. The molecule has 0 saturated carbocycles. The number of hydrogen-bond acceptors (Lipinski definition) is 5. The fourth-order valence-electron chi connectivity index (χ4n) is 2.86. The second-order valence-electron chi connectivity index (χ2n) is 6.24. The number of rotatable bonds is 5. The Bertz CT molecular complexity index is 876. The van der Waals surface area contributed by atoms with Crippen LogP contribution < -0.4 is 10.6 Å². The van der Waals surface area contributed by atoms with Gasteiger partial charge >= 0.3 is 0 Å². The van der Waals surface area contributed by atoms with Crippen molar-refractivity contribution in [2.45, 2.75) is 17.9 Å². The lowest BCUT2D eigenvalue weighted by atomic mass is 10.2. The molecular weight excluding hydrogens is 390 g/mol. The molecule has 1 aliphatic heterocycles. The molecular formula is C17H24ClN5O3S. The molecule has 1 aromatic heterocycles. The molecule has 1 fully saturated rings. The number of carbonyl (C=O) groups excluding carboxylic acids is 1. The molecule has 0 aliphatic carbocycles. The minimum atomic E-state index is -3.61. The lowest BCUT2D eigenvalue weighted by molar-refractivity contribution is 0.0950. The van der Waals surface area contributed by atoms with Gasteiger partial charge in [0.1, 0.15) is 0 Å². The lowest BCUT2D eigenvalue weighted by Gasteiger charge is -2.19. The van der Waals surface area contributed by atoms with Gasteiger partial charge in [-0.15, -0.1) is 12.4 Å². The summed E-state index contributed by atoms with van der Waals surface area (Å²) in [5.74, 6) is -0.316. The molecule has 0 radical (unpaired) electrons. The number of aryl methyl sites for hydroxylation is 1. The summed E-state index contributed by atoms with van der Waals surface area (Å²) in [5.41, 5.74) is 1.20. The molecule has 2 N–H and O–H groups in total. The van der Waals surface area contributed by atoms with E-state index in [1.54, 1.807) is 30.1 Å². The maximum absolute atomic E-state index is 12.9. The highest BCUT2D eigenvalue weighted by Crippen LogP contribution is 2.18. The number of carbonyl (C=O) groups is 1. The molecule has 0 unspecified atom stereocenters. The van der Waals surface area contributed by atoms with Gasteiger partial charge in [-0.1, -0.05) is 6.07 Å². The molecule has 2 heterocycles. The number of aromatic nitrogens is 2. The molecule has 0 bridgehead atoms. The smallest absolute Gasteiger partial charge is 0.251 e. The summed E-state index contributed by atoms with van der Waals surface area (Å²) in [5, 5.41) is 10.0. The summed E-state index contributed by atoms with van der Waals surface area (Å²) in [6.45, 7) is 2.68. The van der Waals surface area contributed by atoms with Gasteiger partial charge in [-0.25, -0.2) is 8.42 Å². The predicted octanol–water partition coefficient (Wildman–Crippen LogP) is 0.756. The third-order valence-electron chi connectivity index (χ3n) is 4.24. The number of nitrogens with one attached hydrogen (secondary N) is 2. The zero-order chi connectivity index (χ0) is 18.6. The highest BCUT2D eigenvalue weighted by atomic mass is 35.5. The van der Waals surface area contributed by atoms with Gasteiger partial charge in [-0.05, 0) is 31.2 Å². The lowest BCUT2D eigenvalue weighted by Crippen LogP contribution is -2.34.